The van der Waals surface area contributed by atoms with E-state index < -0.39 is 5.41 Å². The van der Waals surface area contributed by atoms with Gasteiger partial charge in [-0.1, -0.05) is 43.3 Å². The van der Waals surface area contributed by atoms with Gasteiger partial charge in [-0.05, 0) is 48.1 Å². The lowest BCUT2D eigenvalue weighted by Crippen LogP contribution is -2.53. The minimum absolute atomic E-state index is 0.0835. The van der Waals surface area contributed by atoms with Crippen LogP contribution in [0, 0.1) is 5.41 Å². The molecule has 3 rings (SSSR count). The molecule has 2 N–H and O–H groups in total. The van der Waals surface area contributed by atoms with Crippen molar-refractivity contribution in [1.29, 1.82) is 0 Å². The Morgan fingerprint density at radius 2 is 1.68 bits per heavy atom. The van der Waals surface area contributed by atoms with Crippen molar-refractivity contribution in [2.24, 2.45) is 11.1 Å². The number of primary amides is 1. The predicted molar refractivity (Wildman–Crippen MR) is 110 cm³/mol. The zero-order valence-corrected chi connectivity index (χ0v) is 16.6. The van der Waals surface area contributed by atoms with Gasteiger partial charge in [-0.2, -0.15) is 0 Å². The van der Waals surface area contributed by atoms with Crippen LogP contribution in [0.1, 0.15) is 31.7 Å². The molecule has 0 radical (unpaired) electrons. The molecule has 1 saturated heterocycles. The van der Waals surface area contributed by atoms with Crippen LogP contribution in [0.5, 0.6) is 5.75 Å². The van der Waals surface area contributed by atoms with Crippen LogP contribution in [0.15, 0.2) is 48.5 Å². The SMILES string of the molecule is CCC(=O)N1CCC[C@@](Cc2ccc(-c3ccc(OC)cc3)cc2)(C(N)=O)C1. The number of nitrogens with zero attached hydrogens (tertiary/aromatic N) is 1. The fourth-order valence-electron chi connectivity index (χ4n) is 3.99. The number of benzene rings is 2. The Balaban J connectivity index is 1.78. The van der Waals surface area contributed by atoms with Crippen molar-refractivity contribution >= 4 is 11.8 Å². The molecule has 2 aromatic carbocycles. The van der Waals surface area contributed by atoms with Crippen LogP contribution in [0.25, 0.3) is 11.1 Å². The van der Waals surface area contributed by atoms with Gasteiger partial charge in [0.25, 0.3) is 0 Å². The summed E-state index contributed by atoms with van der Waals surface area (Å²) < 4.78 is 5.20. The third-order valence-electron chi connectivity index (χ3n) is 5.67. The highest BCUT2D eigenvalue weighted by Gasteiger charge is 2.41. The van der Waals surface area contributed by atoms with E-state index in [2.05, 4.69) is 12.1 Å². The standard InChI is InChI=1S/C23H28N2O3/c1-3-21(26)25-14-4-13-23(16-25,22(24)27)15-17-5-7-18(8-6-17)19-9-11-20(28-2)12-10-19/h5-12H,3-4,13-16H2,1-2H3,(H2,24,27)/t23-/m0/s1. The van der Waals surface area contributed by atoms with Crippen molar-refractivity contribution in [1.82, 2.24) is 4.90 Å². The Morgan fingerprint density at radius 1 is 1.07 bits per heavy atom. The highest BCUT2D eigenvalue weighted by atomic mass is 16.5. The monoisotopic (exact) mass is 380 g/mol. The van der Waals surface area contributed by atoms with Crippen LogP contribution in [0.4, 0.5) is 0 Å². The molecule has 1 aliphatic heterocycles. The van der Waals surface area contributed by atoms with Crippen molar-refractivity contribution in [2.45, 2.75) is 32.6 Å². The maximum Gasteiger partial charge on any atom is 0.225 e. The normalized spacial score (nSPS) is 19.3. The lowest BCUT2D eigenvalue weighted by Gasteiger charge is -2.41. The molecule has 5 heteroatoms. The average molecular weight is 380 g/mol. The van der Waals surface area contributed by atoms with Crippen molar-refractivity contribution in [3.63, 3.8) is 0 Å². The molecule has 2 amide bonds. The molecular formula is C23H28N2O3. The molecule has 1 fully saturated rings. The van der Waals surface area contributed by atoms with Crippen molar-refractivity contribution in [2.75, 3.05) is 20.2 Å². The summed E-state index contributed by atoms with van der Waals surface area (Å²) >= 11 is 0. The topological polar surface area (TPSA) is 72.6 Å². The van der Waals surface area contributed by atoms with Crippen molar-refractivity contribution in [3.8, 4) is 16.9 Å². The number of carbonyl (C=O) groups is 2. The Hall–Kier alpha value is -2.82. The second-order valence-corrected chi connectivity index (χ2v) is 7.52. The third kappa shape index (κ3) is 4.19. The molecule has 1 aliphatic rings. The second-order valence-electron chi connectivity index (χ2n) is 7.52. The maximum absolute atomic E-state index is 12.4. The first-order valence-electron chi connectivity index (χ1n) is 9.78. The van der Waals surface area contributed by atoms with Gasteiger partial charge in [-0.3, -0.25) is 9.59 Å². The van der Waals surface area contributed by atoms with Crippen LogP contribution >= 0.6 is 0 Å². The zero-order chi connectivity index (χ0) is 20.1. The highest BCUT2D eigenvalue weighted by Crippen LogP contribution is 2.34. The van der Waals surface area contributed by atoms with Gasteiger partial charge >= 0.3 is 0 Å². The Bertz CT molecular complexity index is 830. The minimum Gasteiger partial charge on any atom is -0.497 e. The summed E-state index contributed by atoms with van der Waals surface area (Å²) in [7, 11) is 1.65. The van der Waals surface area contributed by atoms with Gasteiger partial charge < -0.3 is 15.4 Å². The van der Waals surface area contributed by atoms with E-state index in [4.69, 9.17) is 10.5 Å². The fourth-order valence-corrected chi connectivity index (χ4v) is 3.99. The summed E-state index contributed by atoms with van der Waals surface area (Å²) in [6.07, 6.45) is 2.53. The van der Waals surface area contributed by atoms with Crippen LogP contribution < -0.4 is 10.5 Å². The van der Waals surface area contributed by atoms with Crippen molar-refractivity contribution in [3.05, 3.63) is 54.1 Å². The highest BCUT2D eigenvalue weighted by molar-refractivity contribution is 5.83. The first kappa shape index (κ1) is 19.9. The van der Waals surface area contributed by atoms with Crippen LogP contribution in [0.3, 0.4) is 0 Å². The van der Waals surface area contributed by atoms with Crippen LogP contribution in [-0.4, -0.2) is 36.9 Å². The quantitative estimate of drug-likeness (QED) is 0.835. The predicted octanol–water partition coefficient (Wildman–Crippen LogP) is 3.41. The first-order valence-corrected chi connectivity index (χ1v) is 9.78. The van der Waals surface area contributed by atoms with Gasteiger partial charge in [0.05, 0.1) is 12.5 Å². The molecule has 5 nitrogen and oxygen atoms in total. The Labute approximate surface area is 166 Å². The van der Waals surface area contributed by atoms with E-state index in [1.807, 2.05) is 43.3 Å². The lowest BCUT2D eigenvalue weighted by atomic mass is 9.74. The molecule has 0 bridgehead atoms. The van der Waals surface area contributed by atoms with E-state index in [1.165, 1.54) is 0 Å². The van der Waals surface area contributed by atoms with E-state index in [-0.39, 0.29) is 11.8 Å². The Morgan fingerprint density at radius 3 is 2.21 bits per heavy atom. The second kappa shape index (κ2) is 8.46. The molecule has 0 saturated carbocycles. The molecule has 1 heterocycles. The largest absolute Gasteiger partial charge is 0.497 e. The summed E-state index contributed by atoms with van der Waals surface area (Å²) in [4.78, 5) is 26.3. The fraction of sp³-hybridized carbons (Fsp3) is 0.391. The summed E-state index contributed by atoms with van der Waals surface area (Å²) in [6.45, 7) is 2.97. The van der Waals surface area contributed by atoms with E-state index in [0.717, 1.165) is 35.3 Å². The van der Waals surface area contributed by atoms with Gasteiger partial charge in [0, 0.05) is 19.5 Å². The smallest absolute Gasteiger partial charge is 0.225 e. The van der Waals surface area contributed by atoms with Gasteiger partial charge in [0.1, 0.15) is 5.75 Å². The molecule has 148 valence electrons. The van der Waals surface area contributed by atoms with E-state index in [0.29, 0.717) is 25.9 Å². The van der Waals surface area contributed by atoms with E-state index in [1.54, 1.807) is 12.0 Å². The number of hydrogen-bond acceptors (Lipinski definition) is 3. The maximum atomic E-state index is 12.4. The summed E-state index contributed by atoms with van der Waals surface area (Å²) in [5.74, 6) is 0.591. The lowest BCUT2D eigenvalue weighted by molar-refractivity contribution is -0.139. The molecule has 28 heavy (non-hydrogen) atoms. The van der Waals surface area contributed by atoms with Gasteiger partial charge in [-0.15, -0.1) is 0 Å². The van der Waals surface area contributed by atoms with Gasteiger partial charge in [0.2, 0.25) is 11.8 Å². The molecule has 1 atom stereocenters. The van der Waals surface area contributed by atoms with Crippen molar-refractivity contribution < 1.29 is 14.3 Å². The number of methoxy groups -OCH3 is 1. The molecule has 2 aromatic rings. The number of likely N-dealkylation sites (tertiary alicyclic amines) is 1. The first-order chi connectivity index (χ1) is 13.5. The molecule has 0 aliphatic carbocycles. The average Bonchev–Trinajstić information content (AvgIpc) is 2.74. The molecular weight excluding hydrogens is 352 g/mol. The Kier molecular flexibility index (Phi) is 6.02. The minimum atomic E-state index is -0.690. The van der Waals surface area contributed by atoms with E-state index >= 15 is 0 Å². The number of rotatable bonds is 6. The summed E-state index contributed by atoms with van der Waals surface area (Å²) in [5, 5.41) is 0. The molecule has 0 aromatic heterocycles. The van der Waals surface area contributed by atoms with Crippen LogP contribution in [-0.2, 0) is 16.0 Å². The zero-order valence-electron chi connectivity index (χ0n) is 16.6. The number of ether oxygens (including phenoxy) is 1. The summed E-state index contributed by atoms with van der Waals surface area (Å²) in [5.41, 5.74) is 8.39. The number of hydrogen-bond donors (Lipinski definition) is 1. The van der Waals surface area contributed by atoms with Gasteiger partial charge in [-0.25, -0.2) is 0 Å². The number of amides is 2. The number of nitrogens with two attached hydrogens (primary N) is 1. The third-order valence-corrected chi connectivity index (χ3v) is 5.67. The van der Waals surface area contributed by atoms with E-state index in [9.17, 15) is 9.59 Å². The number of piperidine rings is 1. The summed E-state index contributed by atoms with van der Waals surface area (Å²) in [6, 6.07) is 16.1. The number of carbonyl (C=O) groups excluding carboxylic acids is 2. The van der Waals surface area contributed by atoms with Crippen LogP contribution in [0.2, 0.25) is 0 Å². The molecule has 0 unspecified atom stereocenters. The van der Waals surface area contributed by atoms with Gasteiger partial charge in [0.15, 0.2) is 0 Å². The molecule has 0 spiro atoms.